The van der Waals surface area contributed by atoms with E-state index in [1.807, 2.05) is 85.1 Å². The predicted molar refractivity (Wildman–Crippen MR) is 183 cm³/mol. The van der Waals surface area contributed by atoms with Crippen molar-refractivity contribution in [1.82, 2.24) is 14.9 Å². The van der Waals surface area contributed by atoms with E-state index < -0.39 is 17.7 Å². The molecular weight excluding hydrogens is 649 g/mol. The van der Waals surface area contributed by atoms with Crippen molar-refractivity contribution in [3.8, 4) is 11.1 Å². The van der Waals surface area contributed by atoms with Gasteiger partial charge >= 0.3 is 283 Å². The molecule has 0 saturated heterocycles. The van der Waals surface area contributed by atoms with Gasteiger partial charge in [-0.1, -0.05) is 0 Å². The molecule has 6 aromatic rings. The number of rotatable bonds is 10. The summed E-state index contributed by atoms with van der Waals surface area (Å²) in [5.41, 5.74) is 7.68. The van der Waals surface area contributed by atoms with Crippen molar-refractivity contribution in [3.05, 3.63) is 186 Å². The molecule has 1 heterocycles. The van der Waals surface area contributed by atoms with Crippen molar-refractivity contribution in [2.24, 2.45) is 0 Å². The number of hydrogen-bond acceptors (Lipinski definition) is 4. The average molecular weight is 682 g/mol. The van der Waals surface area contributed by atoms with Gasteiger partial charge in [-0.05, 0) is 0 Å². The second kappa shape index (κ2) is 13.2. The fraction of sp³-hybridized carbons (Fsp3) is 0.125. The fourth-order valence-electron chi connectivity index (χ4n) is 6.82. The molecule has 1 amide bonds. The molecule has 0 bridgehead atoms. The number of nitrogens with one attached hydrogen (secondary N) is 1. The van der Waals surface area contributed by atoms with E-state index in [9.17, 15) is 9.59 Å². The van der Waals surface area contributed by atoms with Crippen LogP contribution >= 0.6 is 0 Å². The maximum atomic E-state index is 13.1. The summed E-state index contributed by atoms with van der Waals surface area (Å²) in [5.74, 6) is -0.0757. The van der Waals surface area contributed by atoms with Gasteiger partial charge in [0, 0.05) is 0 Å². The van der Waals surface area contributed by atoms with Crippen molar-refractivity contribution >= 4 is 26.8 Å². The Kier molecular flexibility index (Phi) is 8.58. The normalized spacial score (nSPS) is 12.9. The Balaban J connectivity index is 1.14. The summed E-state index contributed by atoms with van der Waals surface area (Å²) in [4.78, 5) is 30.7. The number of carbonyl (C=O) groups is 2. The first-order chi connectivity index (χ1) is 23.1. The van der Waals surface area contributed by atoms with E-state index in [0.29, 0.717) is 5.69 Å². The Hall–Kier alpha value is -5.23. The molecule has 1 aromatic heterocycles. The van der Waals surface area contributed by atoms with Crippen LogP contribution in [0.3, 0.4) is 0 Å². The summed E-state index contributed by atoms with van der Waals surface area (Å²) in [7, 11) is 0. The predicted octanol–water partition coefficient (Wildman–Crippen LogP) is 6.87. The molecule has 1 N–H and O–H groups in total. The van der Waals surface area contributed by atoms with Crippen molar-refractivity contribution < 1.29 is 14.3 Å². The Morgan fingerprint density at radius 1 is 0.723 bits per heavy atom. The molecule has 1 aliphatic rings. The molecule has 0 radical (unpaired) electrons. The van der Waals surface area contributed by atoms with Gasteiger partial charge in [0.05, 0.1) is 0 Å². The monoisotopic (exact) mass is 682 g/mol. The van der Waals surface area contributed by atoms with Crippen LogP contribution in [0, 0.1) is 0 Å². The van der Waals surface area contributed by atoms with E-state index in [4.69, 9.17) is 9.72 Å². The van der Waals surface area contributed by atoms with Gasteiger partial charge in [-0.25, -0.2) is 0 Å². The summed E-state index contributed by atoms with van der Waals surface area (Å²) in [5, 5.41) is 2.79. The van der Waals surface area contributed by atoms with Crippen molar-refractivity contribution in [3.63, 3.8) is 0 Å². The quantitative estimate of drug-likeness (QED) is 0.127. The SMILES string of the molecule is O=C(N[C@H](Cc1cn(C(c2ccccc2)(c2ccccc2)c2ccccc2)cn1)C(=O)[Se-])OCC1c2ccccc2-c2ccccc21. The Bertz CT molecular complexity index is 1870. The van der Waals surface area contributed by atoms with Gasteiger partial charge in [0.2, 0.25) is 0 Å². The summed E-state index contributed by atoms with van der Waals surface area (Å²) in [6, 6.07) is 46.5. The summed E-state index contributed by atoms with van der Waals surface area (Å²) in [6.45, 7) is 0.163. The van der Waals surface area contributed by atoms with Gasteiger partial charge in [-0.2, -0.15) is 0 Å². The third-order valence-electron chi connectivity index (χ3n) is 8.93. The van der Waals surface area contributed by atoms with Crippen LogP contribution in [-0.4, -0.2) is 49.0 Å². The van der Waals surface area contributed by atoms with Crippen LogP contribution in [0.25, 0.3) is 11.1 Å². The molecule has 0 saturated carbocycles. The van der Waals surface area contributed by atoms with Crippen LogP contribution < -0.4 is 5.32 Å². The number of imidazole rings is 1. The van der Waals surface area contributed by atoms with Crippen LogP contribution in [-0.2, 0) is 21.5 Å². The molecule has 0 unspecified atom stereocenters. The molecule has 47 heavy (non-hydrogen) atoms. The van der Waals surface area contributed by atoms with Gasteiger partial charge in [0.25, 0.3) is 0 Å². The zero-order valence-electron chi connectivity index (χ0n) is 25.5. The minimum absolute atomic E-state index is 0.0757. The zero-order chi connectivity index (χ0) is 32.2. The Morgan fingerprint density at radius 3 is 1.68 bits per heavy atom. The van der Waals surface area contributed by atoms with E-state index >= 15 is 0 Å². The van der Waals surface area contributed by atoms with Crippen molar-refractivity contribution in [2.45, 2.75) is 23.9 Å². The topological polar surface area (TPSA) is 73.2 Å². The second-order valence-corrected chi connectivity index (χ2v) is 12.5. The van der Waals surface area contributed by atoms with E-state index in [1.165, 1.54) is 0 Å². The second-order valence-electron chi connectivity index (χ2n) is 11.6. The molecule has 232 valence electrons. The van der Waals surface area contributed by atoms with E-state index in [1.54, 1.807) is 6.33 Å². The van der Waals surface area contributed by atoms with Crippen LogP contribution in [0.5, 0.6) is 0 Å². The first-order valence-corrected chi connectivity index (χ1v) is 16.4. The molecule has 0 spiro atoms. The summed E-state index contributed by atoms with van der Waals surface area (Å²) >= 11 is 2.56. The van der Waals surface area contributed by atoms with E-state index in [2.05, 4.69) is 86.6 Å². The van der Waals surface area contributed by atoms with Gasteiger partial charge in [-0.15, -0.1) is 0 Å². The third-order valence-corrected chi connectivity index (χ3v) is 9.53. The number of amides is 1. The van der Waals surface area contributed by atoms with Gasteiger partial charge in [0.15, 0.2) is 0 Å². The van der Waals surface area contributed by atoms with E-state index in [0.717, 1.165) is 38.9 Å². The number of aromatic nitrogens is 2. The van der Waals surface area contributed by atoms with Crippen molar-refractivity contribution in [1.29, 1.82) is 0 Å². The number of benzene rings is 5. The summed E-state index contributed by atoms with van der Waals surface area (Å²) < 4.78 is 7.55. The van der Waals surface area contributed by atoms with Crippen LogP contribution in [0.4, 0.5) is 4.79 Å². The van der Waals surface area contributed by atoms with Crippen LogP contribution in [0.15, 0.2) is 152 Å². The van der Waals surface area contributed by atoms with Crippen molar-refractivity contribution in [2.75, 3.05) is 6.61 Å². The zero-order valence-corrected chi connectivity index (χ0v) is 27.2. The number of fused-ring (bicyclic) bond motifs is 3. The number of ether oxygens (including phenoxy) is 1. The Morgan fingerprint density at radius 2 is 1.19 bits per heavy atom. The van der Waals surface area contributed by atoms with Crippen LogP contribution in [0.2, 0.25) is 0 Å². The molecule has 0 aliphatic heterocycles. The molecule has 1 atom stereocenters. The first-order valence-electron chi connectivity index (χ1n) is 15.6. The average Bonchev–Trinajstić information content (AvgIpc) is 3.71. The minimum atomic E-state index is -0.853. The van der Waals surface area contributed by atoms with Gasteiger partial charge in [-0.3, -0.25) is 0 Å². The fourth-order valence-corrected chi connectivity index (χ4v) is 7.12. The maximum absolute atomic E-state index is 13.1. The number of nitrogens with zero attached hydrogens (tertiary/aromatic N) is 2. The molecule has 6 nitrogen and oxygen atoms in total. The molecular formula is C40H32N3O3Se-. The standard InChI is InChI=1S/C40H33N3O3Se/c44-38(47)37(42-39(45)46-26-36-34-22-12-10-20-32(34)33-21-11-13-23-35(33)36)24-31-25-43(27-41-31)40(28-14-4-1-5-15-28,29-16-6-2-7-17-29)30-18-8-3-9-19-30/h1-23,25,27,36-37H,24,26H2,(H,42,45)(H,44,47)/p-1/t37-/m1/s1. The summed E-state index contributed by atoms with van der Waals surface area (Å²) in [6.07, 6.45) is 3.31. The molecule has 7 heteroatoms. The van der Waals surface area contributed by atoms with Crippen LogP contribution in [0.1, 0.15) is 39.4 Å². The number of hydrogen-bond donors (Lipinski definition) is 1. The number of carbonyl (C=O) groups excluding carboxylic acids is 2. The molecule has 0 fully saturated rings. The third kappa shape index (κ3) is 5.80. The molecule has 5 aromatic carbocycles. The number of alkyl carbamates (subject to hydrolysis) is 1. The van der Waals surface area contributed by atoms with Gasteiger partial charge < -0.3 is 0 Å². The first kappa shape index (κ1) is 30.4. The van der Waals surface area contributed by atoms with Gasteiger partial charge in [0.1, 0.15) is 0 Å². The molecule has 7 rings (SSSR count). The Labute approximate surface area is 282 Å². The van der Waals surface area contributed by atoms with E-state index in [-0.39, 0.29) is 23.6 Å². The molecule has 1 aliphatic carbocycles.